The quantitative estimate of drug-likeness (QED) is 0.684. The molecule has 0 amide bonds. The number of nitrogens with zero attached hydrogens (tertiary/aromatic N) is 2. The van der Waals surface area contributed by atoms with Crippen LogP contribution in [-0.2, 0) is 0 Å². The van der Waals surface area contributed by atoms with Crippen LogP contribution in [0.2, 0.25) is 0 Å². The molecule has 0 aromatic rings. The van der Waals surface area contributed by atoms with Gasteiger partial charge in [-0.25, -0.2) is 0 Å². The van der Waals surface area contributed by atoms with Gasteiger partial charge in [-0.1, -0.05) is 0 Å². The van der Waals surface area contributed by atoms with Gasteiger partial charge in [-0.2, -0.15) is 0 Å². The fraction of sp³-hybridized carbons (Fsp3) is 1.00. The first-order valence-corrected chi connectivity index (χ1v) is 8.95. The van der Waals surface area contributed by atoms with Gasteiger partial charge < -0.3 is 10.2 Å². The van der Waals surface area contributed by atoms with E-state index in [1.54, 1.807) is 0 Å². The first kappa shape index (κ1) is 21.9. The van der Waals surface area contributed by atoms with Gasteiger partial charge in [0.2, 0.25) is 0 Å². The van der Waals surface area contributed by atoms with Gasteiger partial charge in [-0.3, -0.25) is 4.90 Å². The van der Waals surface area contributed by atoms with Crippen LogP contribution in [0.25, 0.3) is 0 Å². The lowest BCUT2D eigenvalue weighted by atomic mass is 9.95. The smallest absolute Gasteiger partial charge is 0.0130 e. The number of hydrogen-bond donors (Lipinski definition) is 1. The van der Waals surface area contributed by atoms with E-state index >= 15 is 0 Å². The van der Waals surface area contributed by atoms with Crippen LogP contribution in [0.15, 0.2) is 0 Å². The zero-order valence-corrected chi connectivity index (χ0v) is 17.1. The van der Waals surface area contributed by atoms with E-state index in [4.69, 9.17) is 0 Å². The monoisotopic (exact) mass is 313 g/mol. The van der Waals surface area contributed by atoms with Crippen molar-refractivity contribution in [3.05, 3.63) is 0 Å². The predicted octanol–water partition coefficient (Wildman–Crippen LogP) is 3.99. The summed E-state index contributed by atoms with van der Waals surface area (Å²) >= 11 is 0. The number of rotatable bonds is 8. The van der Waals surface area contributed by atoms with Crippen LogP contribution in [0.1, 0.15) is 75.2 Å². The van der Waals surface area contributed by atoms with Crippen LogP contribution in [-0.4, -0.2) is 59.6 Å². The van der Waals surface area contributed by atoms with Gasteiger partial charge >= 0.3 is 0 Å². The van der Waals surface area contributed by atoms with Crippen LogP contribution in [0, 0.1) is 0 Å². The van der Waals surface area contributed by atoms with Crippen molar-refractivity contribution in [3.8, 4) is 0 Å². The molecule has 0 aliphatic rings. The van der Waals surface area contributed by atoms with Crippen molar-refractivity contribution < 1.29 is 0 Å². The zero-order chi connectivity index (χ0) is 17.6. The van der Waals surface area contributed by atoms with Gasteiger partial charge in [-0.05, 0) is 102 Å². The standard InChI is InChI=1S/C19H43N3/c1-17(2,3)20-13-11-14-21(10)15-12-16-22(18(4,5)6)19(7,8)9/h20H,11-16H2,1-10H3. The minimum atomic E-state index is 0.230. The Bertz CT molecular complexity index is 277. The van der Waals surface area contributed by atoms with Crippen molar-refractivity contribution in [1.82, 2.24) is 15.1 Å². The average molecular weight is 314 g/mol. The van der Waals surface area contributed by atoms with Crippen LogP contribution < -0.4 is 5.32 Å². The fourth-order valence-corrected chi connectivity index (χ4v) is 3.10. The maximum absolute atomic E-state index is 3.56. The van der Waals surface area contributed by atoms with Crippen molar-refractivity contribution in [2.45, 2.75) is 91.8 Å². The van der Waals surface area contributed by atoms with E-state index in [0.717, 1.165) is 13.1 Å². The van der Waals surface area contributed by atoms with E-state index in [0.29, 0.717) is 0 Å². The van der Waals surface area contributed by atoms with E-state index in [2.05, 4.69) is 84.5 Å². The molecule has 134 valence electrons. The summed E-state index contributed by atoms with van der Waals surface area (Å²) < 4.78 is 0. The van der Waals surface area contributed by atoms with Crippen molar-refractivity contribution in [1.29, 1.82) is 0 Å². The molecule has 0 unspecified atom stereocenters. The van der Waals surface area contributed by atoms with Gasteiger partial charge in [-0.15, -0.1) is 0 Å². The lowest BCUT2D eigenvalue weighted by molar-refractivity contribution is 0.0350. The summed E-state index contributed by atoms with van der Waals surface area (Å²) in [7, 11) is 2.25. The second-order valence-corrected chi connectivity index (χ2v) is 9.68. The van der Waals surface area contributed by atoms with E-state index in [9.17, 15) is 0 Å². The van der Waals surface area contributed by atoms with Crippen LogP contribution >= 0.6 is 0 Å². The highest BCUT2D eigenvalue weighted by Crippen LogP contribution is 2.24. The summed E-state index contributed by atoms with van der Waals surface area (Å²) in [5.74, 6) is 0. The van der Waals surface area contributed by atoms with Crippen molar-refractivity contribution in [2.24, 2.45) is 0 Å². The number of nitrogens with one attached hydrogen (secondary N) is 1. The fourth-order valence-electron chi connectivity index (χ4n) is 3.10. The average Bonchev–Trinajstić information content (AvgIpc) is 2.25. The molecule has 22 heavy (non-hydrogen) atoms. The Morgan fingerprint density at radius 1 is 0.682 bits per heavy atom. The molecule has 0 aliphatic carbocycles. The molecule has 0 spiro atoms. The highest BCUT2D eigenvalue weighted by atomic mass is 15.2. The highest BCUT2D eigenvalue weighted by molar-refractivity contribution is 4.86. The molecular weight excluding hydrogens is 270 g/mol. The van der Waals surface area contributed by atoms with Gasteiger partial charge in [0, 0.05) is 23.2 Å². The normalized spacial score (nSPS) is 14.2. The Labute approximate surface area is 140 Å². The first-order chi connectivity index (χ1) is 9.73. The summed E-state index contributed by atoms with van der Waals surface area (Å²) in [6, 6.07) is 0. The molecule has 0 aromatic carbocycles. The topological polar surface area (TPSA) is 18.5 Å². The summed E-state index contributed by atoms with van der Waals surface area (Å²) in [5.41, 5.74) is 0.694. The van der Waals surface area contributed by atoms with Gasteiger partial charge in [0.1, 0.15) is 0 Å². The van der Waals surface area contributed by atoms with Gasteiger partial charge in [0.05, 0.1) is 0 Å². The van der Waals surface area contributed by atoms with E-state index < -0.39 is 0 Å². The van der Waals surface area contributed by atoms with Crippen molar-refractivity contribution >= 4 is 0 Å². The second-order valence-electron chi connectivity index (χ2n) is 9.68. The van der Waals surface area contributed by atoms with Crippen LogP contribution in [0.3, 0.4) is 0 Å². The Balaban J connectivity index is 4.02. The predicted molar refractivity (Wildman–Crippen MR) is 101 cm³/mol. The molecule has 0 radical (unpaired) electrons. The molecule has 0 fully saturated rings. The molecule has 0 rings (SSSR count). The SMILES string of the molecule is CN(CCCNC(C)(C)C)CCCN(C(C)(C)C)C(C)(C)C. The Morgan fingerprint density at radius 3 is 1.55 bits per heavy atom. The molecule has 0 atom stereocenters. The highest BCUT2D eigenvalue weighted by Gasteiger charge is 2.30. The third kappa shape index (κ3) is 10.6. The Hall–Kier alpha value is -0.120. The Morgan fingerprint density at radius 2 is 1.14 bits per heavy atom. The third-order valence-electron chi connectivity index (χ3n) is 3.91. The third-order valence-corrected chi connectivity index (χ3v) is 3.91. The lowest BCUT2D eigenvalue weighted by Gasteiger charge is -2.45. The van der Waals surface area contributed by atoms with E-state index in [1.165, 1.54) is 25.9 Å². The van der Waals surface area contributed by atoms with Crippen LogP contribution in [0.4, 0.5) is 0 Å². The molecular formula is C19H43N3. The zero-order valence-electron chi connectivity index (χ0n) is 17.1. The first-order valence-electron chi connectivity index (χ1n) is 8.95. The molecule has 3 nitrogen and oxygen atoms in total. The molecule has 0 aliphatic heterocycles. The molecule has 0 bridgehead atoms. The maximum Gasteiger partial charge on any atom is 0.0130 e. The van der Waals surface area contributed by atoms with Gasteiger partial charge in [0.15, 0.2) is 0 Å². The minimum absolute atomic E-state index is 0.230. The maximum atomic E-state index is 3.56. The lowest BCUT2D eigenvalue weighted by Crippen LogP contribution is -2.53. The molecule has 1 N–H and O–H groups in total. The van der Waals surface area contributed by atoms with E-state index in [1.807, 2.05) is 0 Å². The summed E-state index contributed by atoms with van der Waals surface area (Å²) in [6.45, 7) is 25.2. The molecule has 0 saturated heterocycles. The van der Waals surface area contributed by atoms with Gasteiger partial charge in [0.25, 0.3) is 0 Å². The van der Waals surface area contributed by atoms with Crippen LogP contribution in [0.5, 0.6) is 0 Å². The molecule has 0 heterocycles. The van der Waals surface area contributed by atoms with E-state index in [-0.39, 0.29) is 16.6 Å². The molecule has 3 heteroatoms. The largest absolute Gasteiger partial charge is 0.312 e. The molecule has 0 saturated carbocycles. The van der Waals surface area contributed by atoms with Crippen molar-refractivity contribution in [2.75, 3.05) is 33.2 Å². The molecule has 0 aromatic heterocycles. The second kappa shape index (κ2) is 8.65. The summed E-state index contributed by atoms with van der Waals surface area (Å²) in [6.07, 6.45) is 2.45. The minimum Gasteiger partial charge on any atom is -0.312 e. The Kier molecular flexibility index (Phi) is 8.61. The number of hydrogen-bond acceptors (Lipinski definition) is 3. The van der Waals surface area contributed by atoms with Crippen molar-refractivity contribution in [3.63, 3.8) is 0 Å². The summed E-state index contributed by atoms with van der Waals surface area (Å²) in [4.78, 5) is 5.09. The summed E-state index contributed by atoms with van der Waals surface area (Å²) in [5, 5.41) is 3.56.